The van der Waals surface area contributed by atoms with Gasteiger partial charge in [-0.2, -0.15) is 0 Å². The maximum atomic E-state index is 10.8. The molecule has 82 valence electrons. The first-order valence-electron chi connectivity index (χ1n) is 4.71. The van der Waals surface area contributed by atoms with E-state index in [1.807, 2.05) is 19.1 Å². The summed E-state index contributed by atoms with van der Waals surface area (Å²) >= 11 is 0. The summed E-state index contributed by atoms with van der Waals surface area (Å²) in [6.45, 7) is 2.71. The van der Waals surface area contributed by atoms with E-state index in [0.717, 1.165) is 5.56 Å². The van der Waals surface area contributed by atoms with Gasteiger partial charge in [-0.25, -0.2) is 0 Å². The average molecular weight is 228 g/mol. The minimum Gasteiger partial charge on any atom is -0.480 e. The zero-order chi connectivity index (χ0) is 10.1. The largest absolute Gasteiger partial charge is 0.480 e. The Balaban J connectivity index is 0.00000112. The molecule has 0 spiro atoms. The molecule has 2 rings (SSSR count). The Kier molecular flexibility index (Phi) is 3.72. The van der Waals surface area contributed by atoms with E-state index in [9.17, 15) is 4.79 Å². The first-order chi connectivity index (χ1) is 6.66. The molecule has 0 aromatic heterocycles. The van der Waals surface area contributed by atoms with Gasteiger partial charge in [0.2, 0.25) is 0 Å². The lowest BCUT2D eigenvalue weighted by molar-refractivity contribution is -0.139. The van der Waals surface area contributed by atoms with Crippen molar-refractivity contribution in [1.29, 1.82) is 0 Å². The fraction of sp³-hybridized carbons (Fsp3) is 0.364. The van der Waals surface area contributed by atoms with Gasteiger partial charge >= 0.3 is 5.97 Å². The fourth-order valence-corrected chi connectivity index (χ4v) is 1.82. The van der Waals surface area contributed by atoms with Crippen LogP contribution in [-0.2, 0) is 17.8 Å². The molecule has 0 bridgehead atoms. The molecule has 1 aliphatic heterocycles. The standard InChI is InChI=1S/C11H13NO2.ClH/c1-7-2-3-8-5-10(11(13)14)12-6-9(8)4-7;/h2-4,10,12H,5-6H2,1H3,(H,13,14);1H/t10-;/m1./s1. The van der Waals surface area contributed by atoms with Crippen LogP contribution >= 0.6 is 12.4 Å². The van der Waals surface area contributed by atoms with Crippen LogP contribution in [0.1, 0.15) is 16.7 Å². The molecule has 0 radical (unpaired) electrons. The van der Waals surface area contributed by atoms with Gasteiger partial charge in [-0.05, 0) is 24.5 Å². The Bertz CT molecular complexity index is 379. The van der Waals surface area contributed by atoms with E-state index in [4.69, 9.17) is 5.11 Å². The molecule has 0 fully saturated rings. The van der Waals surface area contributed by atoms with Crippen molar-refractivity contribution in [2.45, 2.75) is 25.9 Å². The van der Waals surface area contributed by atoms with E-state index >= 15 is 0 Å². The highest BCUT2D eigenvalue weighted by molar-refractivity contribution is 5.85. The number of hydrogen-bond acceptors (Lipinski definition) is 2. The molecule has 1 aromatic rings. The van der Waals surface area contributed by atoms with Crippen LogP contribution in [0.3, 0.4) is 0 Å². The Morgan fingerprint density at radius 1 is 1.47 bits per heavy atom. The predicted octanol–water partition coefficient (Wildman–Crippen LogP) is 1.52. The number of halogens is 1. The SMILES string of the molecule is Cc1ccc2c(c1)CN[C@@H](C(=O)O)C2.Cl. The number of rotatable bonds is 1. The summed E-state index contributed by atoms with van der Waals surface area (Å²) in [5.74, 6) is -0.767. The number of nitrogens with one attached hydrogen (secondary N) is 1. The fourth-order valence-electron chi connectivity index (χ4n) is 1.82. The second-order valence-electron chi connectivity index (χ2n) is 3.75. The van der Waals surface area contributed by atoms with Gasteiger partial charge in [-0.3, -0.25) is 4.79 Å². The number of aliphatic carboxylic acids is 1. The molecular weight excluding hydrogens is 214 g/mol. The summed E-state index contributed by atoms with van der Waals surface area (Å²) in [6.07, 6.45) is 0.588. The van der Waals surface area contributed by atoms with E-state index in [2.05, 4.69) is 11.4 Å². The summed E-state index contributed by atoms with van der Waals surface area (Å²) in [5, 5.41) is 11.9. The molecule has 1 aromatic carbocycles. The smallest absolute Gasteiger partial charge is 0.321 e. The van der Waals surface area contributed by atoms with E-state index in [0.29, 0.717) is 13.0 Å². The number of carbonyl (C=O) groups is 1. The van der Waals surface area contributed by atoms with Crippen LogP contribution in [0, 0.1) is 6.92 Å². The van der Waals surface area contributed by atoms with E-state index in [1.54, 1.807) is 0 Å². The van der Waals surface area contributed by atoms with Crippen LogP contribution in [0.4, 0.5) is 0 Å². The quantitative estimate of drug-likeness (QED) is 0.765. The van der Waals surface area contributed by atoms with Crippen molar-refractivity contribution < 1.29 is 9.90 Å². The highest BCUT2D eigenvalue weighted by atomic mass is 35.5. The van der Waals surface area contributed by atoms with Gasteiger partial charge in [-0.15, -0.1) is 12.4 Å². The van der Waals surface area contributed by atoms with E-state index in [1.165, 1.54) is 11.1 Å². The van der Waals surface area contributed by atoms with Crippen LogP contribution in [0.2, 0.25) is 0 Å². The lowest BCUT2D eigenvalue weighted by Gasteiger charge is -2.23. The van der Waals surface area contributed by atoms with Gasteiger partial charge in [0.1, 0.15) is 6.04 Å². The normalized spacial score (nSPS) is 18.9. The van der Waals surface area contributed by atoms with Gasteiger partial charge in [0.05, 0.1) is 0 Å². The van der Waals surface area contributed by atoms with Gasteiger partial charge < -0.3 is 10.4 Å². The van der Waals surface area contributed by atoms with Crippen molar-refractivity contribution in [2.24, 2.45) is 0 Å². The maximum absolute atomic E-state index is 10.8. The second-order valence-corrected chi connectivity index (χ2v) is 3.75. The minimum atomic E-state index is -0.767. The van der Waals surface area contributed by atoms with E-state index in [-0.39, 0.29) is 12.4 Å². The Morgan fingerprint density at radius 3 is 2.87 bits per heavy atom. The lowest BCUT2D eigenvalue weighted by atomic mass is 9.94. The average Bonchev–Trinajstić information content (AvgIpc) is 2.16. The molecule has 15 heavy (non-hydrogen) atoms. The Morgan fingerprint density at radius 2 is 2.20 bits per heavy atom. The highest BCUT2D eigenvalue weighted by Gasteiger charge is 2.22. The number of hydrogen-bond donors (Lipinski definition) is 2. The van der Waals surface area contributed by atoms with Crippen molar-refractivity contribution in [3.63, 3.8) is 0 Å². The number of carboxylic acid groups (broad SMARTS) is 1. The van der Waals surface area contributed by atoms with Crippen molar-refractivity contribution in [2.75, 3.05) is 0 Å². The molecular formula is C11H14ClNO2. The summed E-state index contributed by atoms with van der Waals surface area (Å²) in [7, 11) is 0. The molecule has 1 atom stereocenters. The van der Waals surface area contributed by atoms with Gasteiger partial charge in [0.15, 0.2) is 0 Å². The monoisotopic (exact) mass is 227 g/mol. The van der Waals surface area contributed by atoms with Crippen LogP contribution in [0.25, 0.3) is 0 Å². The maximum Gasteiger partial charge on any atom is 0.321 e. The minimum absolute atomic E-state index is 0. The third-order valence-electron chi connectivity index (χ3n) is 2.62. The van der Waals surface area contributed by atoms with Crippen LogP contribution in [0.15, 0.2) is 18.2 Å². The Labute approximate surface area is 94.9 Å². The van der Waals surface area contributed by atoms with Crippen molar-refractivity contribution in [3.8, 4) is 0 Å². The van der Waals surface area contributed by atoms with Crippen molar-refractivity contribution in [3.05, 3.63) is 34.9 Å². The van der Waals surface area contributed by atoms with E-state index < -0.39 is 12.0 Å². The van der Waals surface area contributed by atoms with Crippen molar-refractivity contribution in [1.82, 2.24) is 5.32 Å². The molecule has 0 saturated carbocycles. The molecule has 0 amide bonds. The molecule has 0 saturated heterocycles. The number of benzene rings is 1. The number of fused-ring (bicyclic) bond motifs is 1. The van der Waals surface area contributed by atoms with Crippen molar-refractivity contribution >= 4 is 18.4 Å². The zero-order valence-electron chi connectivity index (χ0n) is 8.49. The van der Waals surface area contributed by atoms with Gasteiger partial charge in [-0.1, -0.05) is 23.8 Å². The molecule has 1 aliphatic rings. The third kappa shape index (κ3) is 2.49. The molecule has 3 nitrogen and oxygen atoms in total. The topological polar surface area (TPSA) is 49.3 Å². The van der Waals surface area contributed by atoms with Gasteiger partial charge in [0.25, 0.3) is 0 Å². The molecule has 2 N–H and O–H groups in total. The van der Waals surface area contributed by atoms with Crippen LogP contribution in [-0.4, -0.2) is 17.1 Å². The van der Waals surface area contributed by atoms with Crippen LogP contribution in [0.5, 0.6) is 0 Å². The number of aryl methyl sites for hydroxylation is 1. The molecule has 1 heterocycles. The molecule has 4 heteroatoms. The van der Waals surface area contributed by atoms with Crippen LogP contribution < -0.4 is 5.32 Å². The van der Waals surface area contributed by atoms with Gasteiger partial charge in [0, 0.05) is 6.54 Å². The molecule has 0 aliphatic carbocycles. The first kappa shape index (κ1) is 12.0. The highest BCUT2D eigenvalue weighted by Crippen LogP contribution is 2.18. The third-order valence-corrected chi connectivity index (χ3v) is 2.62. The lowest BCUT2D eigenvalue weighted by Crippen LogP contribution is -2.41. The number of carboxylic acids is 1. The molecule has 0 unspecified atom stereocenters. The summed E-state index contributed by atoms with van der Waals surface area (Å²) in [6, 6.07) is 5.75. The second kappa shape index (κ2) is 4.64. The first-order valence-corrected chi connectivity index (χ1v) is 4.71. The Hall–Kier alpha value is -1.06. The summed E-state index contributed by atoms with van der Waals surface area (Å²) in [5.41, 5.74) is 3.60. The predicted molar refractivity (Wildman–Crippen MR) is 60.4 cm³/mol. The zero-order valence-corrected chi connectivity index (χ0v) is 9.30. The summed E-state index contributed by atoms with van der Waals surface area (Å²) in [4.78, 5) is 10.8. The summed E-state index contributed by atoms with van der Waals surface area (Å²) < 4.78 is 0.